The summed E-state index contributed by atoms with van der Waals surface area (Å²) in [7, 11) is 0. The Balaban J connectivity index is 0.00000156. The SMILES string of the molecule is Cl.O=C1c2ccccc2N(Cc2cccc(F)c2)C2=NCCN12. The fourth-order valence-corrected chi connectivity index (χ4v) is 2.98. The van der Waals surface area contributed by atoms with Crippen LogP contribution in [0.15, 0.2) is 53.5 Å². The van der Waals surface area contributed by atoms with Gasteiger partial charge in [-0.1, -0.05) is 24.3 Å². The highest BCUT2D eigenvalue weighted by Gasteiger charge is 2.36. The Labute approximate surface area is 139 Å². The lowest BCUT2D eigenvalue weighted by atomic mass is 10.1. The van der Waals surface area contributed by atoms with Crippen molar-refractivity contribution in [2.45, 2.75) is 6.54 Å². The van der Waals surface area contributed by atoms with Crippen molar-refractivity contribution >= 4 is 30.0 Å². The molecule has 2 heterocycles. The second kappa shape index (κ2) is 6.01. The van der Waals surface area contributed by atoms with E-state index in [1.807, 2.05) is 35.2 Å². The quantitative estimate of drug-likeness (QED) is 0.848. The Morgan fingerprint density at radius 3 is 2.78 bits per heavy atom. The monoisotopic (exact) mass is 331 g/mol. The highest BCUT2D eigenvalue weighted by atomic mass is 35.5. The molecule has 0 N–H and O–H groups in total. The lowest BCUT2D eigenvalue weighted by Gasteiger charge is -2.36. The molecule has 4 nitrogen and oxygen atoms in total. The van der Waals surface area contributed by atoms with Gasteiger partial charge in [0.25, 0.3) is 5.91 Å². The number of carbonyl (C=O) groups excluding carboxylic acids is 1. The fourth-order valence-electron chi connectivity index (χ4n) is 2.98. The van der Waals surface area contributed by atoms with E-state index in [1.165, 1.54) is 12.1 Å². The maximum absolute atomic E-state index is 13.4. The minimum absolute atomic E-state index is 0. The second-order valence-corrected chi connectivity index (χ2v) is 5.37. The number of para-hydroxylation sites is 1. The van der Waals surface area contributed by atoms with Gasteiger partial charge in [0.1, 0.15) is 5.82 Å². The van der Waals surface area contributed by atoms with Gasteiger partial charge in [0.15, 0.2) is 0 Å². The molecule has 0 spiro atoms. The summed E-state index contributed by atoms with van der Waals surface area (Å²) < 4.78 is 13.4. The van der Waals surface area contributed by atoms with Crippen molar-refractivity contribution in [1.29, 1.82) is 0 Å². The van der Waals surface area contributed by atoms with Gasteiger partial charge in [-0.25, -0.2) is 4.39 Å². The fraction of sp³-hybridized carbons (Fsp3) is 0.176. The molecule has 23 heavy (non-hydrogen) atoms. The van der Waals surface area contributed by atoms with Crippen LogP contribution in [0.2, 0.25) is 0 Å². The topological polar surface area (TPSA) is 35.9 Å². The van der Waals surface area contributed by atoms with Crippen LogP contribution < -0.4 is 4.90 Å². The molecule has 2 aromatic rings. The van der Waals surface area contributed by atoms with Gasteiger partial charge < -0.3 is 4.90 Å². The molecule has 0 atom stereocenters. The normalized spacial score (nSPS) is 15.7. The number of anilines is 1. The molecule has 2 aliphatic heterocycles. The van der Waals surface area contributed by atoms with E-state index in [9.17, 15) is 9.18 Å². The summed E-state index contributed by atoms with van der Waals surface area (Å²) in [5, 5.41) is 0. The van der Waals surface area contributed by atoms with E-state index in [4.69, 9.17) is 0 Å². The number of carbonyl (C=O) groups is 1. The molecule has 0 aromatic heterocycles. The summed E-state index contributed by atoms with van der Waals surface area (Å²) >= 11 is 0. The largest absolute Gasteiger partial charge is 0.307 e. The molecule has 4 rings (SSSR count). The van der Waals surface area contributed by atoms with Crippen LogP contribution in [0.3, 0.4) is 0 Å². The van der Waals surface area contributed by atoms with E-state index >= 15 is 0 Å². The molecule has 6 heteroatoms. The first-order valence-electron chi connectivity index (χ1n) is 7.21. The lowest BCUT2D eigenvalue weighted by molar-refractivity contribution is 0.0851. The zero-order valence-electron chi connectivity index (χ0n) is 12.3. The molecule has 1 amide bonds. The van der Waals surface area contributed by atoms with Crippen LogP contribution in [-0.2, 0) is 6.54 Å². The van der Waals surface area contributed by atoms with Gasteiger partial charge in [0.05, 0.1) is 24.3 Å². The molecule has 2 aliphatic rings. The van der Waals surface area contributed by atoms with Crippen molar-refractivity contribution in [1.82, 2.24) is 4.90 Å². The summed E-state index contributed by atoms with van der Waals surface area (Å²) in [5.74, 6) is 0.388. The maximum atomic E-state index is 13.4. The van der Waals surface area contributed by atoms with Gasteiger partial charge >= 0.3 is 0 Å². The minimum Gasteiger partial charge on any atom is -0.307 e. The summed E-state index contributed by atoms with van der Waals surface area (Å²) in [4.78, 5) is 20.7. The van der Waals surface area contributed by atoms with Gasteiger partial charge in [-0.3, -0.25) is 14.7 Å². The molecule has 0 radical (unpaired) electrons. The van der Waals surface area contributed by atoms with Crippen LogP contribution in [0.25, 0.3) is 0 Å². The number of benzene rings is 2. The average Bonchev–Trinajstić information content (AvgIpc) is 3.01. The van der Waals surface area contributed by atoms with Crippen LogP contribution in [0.4, 0.5) is 10.1 Å². The molecule has 0 saturated heterocycles. The molecule has 0 saturated carbocycles. The van der Waals surface area contributed by atoms with Crippen LogP contribution in [0, 0.1) is 5.82 Å². The number of halogens is 2. The number of nitrogens with zero attached hydrogens (tertiary/aromatic N) is 3. The predicted molar refractivity (Wildman–Crippen MR) is 89.6 cm³/mol. The van der Waals surface area contributed by atoms with Gasteiger partial charge in [-0.15, -0.1) is 12.4 Å². The smallest absolute Gasteiger partial charge is 0.262 e. The Morgan fingerprint density at radius 2 is 1.96 bits per heavy atom. The molecule has 2 aromatic carbocycles. The number of hydrogen-bond donors (Lipinski definition) is 0. The molecular weight excluding hydrogens is 317 g/mol. The number of rotatable bonds is 2. The Morgan fingerprint density at radius 1 is 1.13 bits per heavy atom. The van der Waals surface area contributed by atoms with E-state index in [-0.39, 0.29) is 24.1 Å². The first-order chi connectivity index (χ1) is 10.7. The maximum Gasteiger partial charge on any atom is 0.262 e. The molecular formula is C17H15ClFN3O. The minimum atomic E-state index is -0.260. The van der Waals surface area contributed by atoms with Gasteiger partial charge in [0.2, 0.25) is 5.96 Å². The third-order valence-electron chi connectivity index (χ3n) is 3.96. The summed E-state index contributed by atoms with van der Waals surface area (Å²) in [5.41, 5.74) is 2.34. The molecule has 0 unspecified atom stereocenters. The van der Waals surface area contributed by atoms with E-state index in [2.05, 4.69) is 4.99 Å². The zero-order chi connectivity index (χ0) is 15.1. The number of amides is 1. The van der Waals surface area contributed by atoms with Gasteiger partial charge in [-0.05, 0) is 29.8 Å². The van der Waals surface area contributed by atoms with Gasteiger partial charge in [0, 0.05) is 6.54 Å². The molecule has 0 fully saturated rings. The van der Waals surface area contributed by atoms with E-state index in [0.29, 0.717) is 31.2 Å². The number of hydrogen-bond acceptors (Lipinski definition) is 3. The Kier molecular flexibility index (Phi) is 4.05. The number of fused-ring (bicyclic) bond motifs is 2. The van der Waals surface area contributed by atoms with Crippen molar-refractivity contribution in [2.75, 3.05) is 18.0 Å². The van der Waals surface area contributed by atoms with Crippen LogP contribution >= 0.6 is 12.4 Å². The highest BCUT2D eigenvalue weighted by molar-refractivity contribution is 6.19. The first-order valence-corrected chi connectivity index (χ1v) is 7.21. The van der Waals surface area contributed by atoms with Gasteiger partial charge in [-0.2, -0.15) is 0 Å². The van der Waals surface area contributed by atoms with E-state index < -0.39 is 0 Å². The van der Waals surface area contributed by atoms with Crippen molar-refractivity contribution in [2.24, 2.45) is 4.99 Å². The zero-order valence-corrected chi connectivity index (χ0v) is 13.1. The number of guanidine groups is 1. The molecule has 118 valence electrons. The summed E-state index contributed by atoms with van der Waals surface area (Å²) in [6, 6.07) is 14.0. The van der Waals surface area contributed by atoms with Crippen LogP contribution in [0.5, 0.6) is 0 Å². The lowest BCUT2D eigenvalue weighted by Crippen LogP contribution is -2.49. The van der Waals surface area contributed by atoms with Crippen molar-refractivity contribution in [3.8, 4) is 0 Å². The number of aliphatic imine (C=N–C) groups is 1. The molecule has 0 bridgehead atoms. The van der Waals surface area contributed by atoms with E-state index in [1.54, 1.807) is 11.0 Å². The first kappa shape index (κ1) is 15.5. The van der Waals surface area contributed by atoms with Crippen LogP contribution in [-0.4, -0.2) is 29.9 Å². The Bertz CT molecular complexity index is 793. The van der Waals surface area contributed by atoms with E-state index in [0.717, 1.165) is 11.3 Å². The molecule has 0 aliphatic carbocycles. The highest BCUT2D eigenvalue weighted by Crippen LogP contribution is 2.31. The van der Waals surface area contributed by atoms with Crippen LogP contribution in [0.1, 0.15) is 15.9 Å². The third-order valence-corrected chi connectivity index (χ3v) is 3.96. The van der Waals surface area contributed by atoms with Crippen molar-refractivity contribution in [3.05, 3.63) is 65.5 Å². The Hall–Kier alpha value is -2.40. The summed E-state index contributed by atoms with van der Waals surface area (Å²) in [6.45, 7) is 1.69. The standard InChI is InChI=1S/C17H14FN3O.ClH/c18-13-5-3-4-12(10-13)11-21-15-7-2-1-6-14(15)16(22)20-9-8-19-17(20)21;/h1-7,10H,8-9,11H2;1H. The predicted octanol–water partition coefficient (Wildman–Crippen LogP) is 3.08. The summed E-state index contributed by atoms with van der Waals surface area (Å²) in [6.07, 6.45) is 0. The second-order valence-electron chi connectivity index (χ2n) is 5.37. The third kappa shape index (κ3) is 2.57. The van der Waals surface area contributed by atoms with Crippen molar-refractivity contribution in [3.63, 3.8) is 0 Å². The van der Waals surface area contributed by atoms with Crippen molar-refractivity contribution < 1.29 is 9.18 Å². The average molecular weight is 332 g/mol.